The molecule has 2 aromatic carbocycles. The number of benzene rings is 2. The van der Waals surface area contributed by atoms with Gasteiger partial charge >= 0.3 is 51.4 Å². The van der Waals surface area contributed by atoms with E-state index in [1.54, 1.807) is 0 Å². The molecule has 1 nitrogen and oxygen atoms in total. The fourth-order valence-electron chi connectivity index (χ4n) is 2.58. The maximum atomic E-state index is 3.89. The molecule has 3 rings (SSSR count). The van der Waals surface area contributed by atoms with Crippen molar-refractivity contribution >= 4 is 11.3 Å². The van der Waals surface area contributed by atoms with Gasteiger partial charge in [-0.15, -0.1) is 17.2 Å². The smallest absolute Gasteiger partial charge is 0.382 e. The summed E-state index contributed by atoms with van der Waals surface area (Å²) in [6.07, 6.45) is 9.19. The van der Waals surface area contributed by atoms with Gasteiger partial charge in [0.25, 0.3) is 0 Å². The van der Waals surface area contributed by atoms with E-state index in [-0.39, 0.29) is 51.4 Å². The molecule has 0 fully saturated rings. The second-order valence-corrected chi connectivity index (χ2v) is 5.93. The maximum absolute atomic E-state index is 3.89. The molecule has 1 aliphatic rings. The molecule has 0 saturated carbocycles. The predicted octanol–water partition coefficient (Wildman–Crippen LogP) is 3.39. The molecule has 1 aliphatic heterocycles. The van der Waals surface area contributed by atoms with Crippen LogP contribution in [0.5, 0.6) is 0 Å². The molecule has 0 atom stereocenters. The molecule has 0 unspecified atom stereocenters. The van der Waals surface area contributed by atoms with Crippen molar-refractivity contribution in [1.29, 1.82) is 0 Å². The number of allylic oxidation sites excluding steroid dienone is 6. The van der Waals surface area contributed by atoms with E-state index in [9.17, 15) is 0 Å². The van der Waals surface area contributed by atoms with Gasteiger partial charge in [0.1, 0.15) is 0 Å². The summed E-state index contributed by atoms with van der Waals surface area (Å²) in [5, 5.41) is 3.25. The van der Waals surface area contributed by atoms with Gasteiger partial charge in [-0.3, -0.25) is 6.08 Å². The van der Waals surface area contributed by atoms with E-state index >= 15 is 0 Å². The standard InChI is InChI=1S/C14H15.C10H10N.K/c1-4-12(3)11-13(5-2)14-9-7-6-8-10-14;1-8-6-7-9-4-2-3-5-10(9)11-8;/h5-11H,1H2,2-3H3;3-5,11H,1,6-7H2;/q2*-1;+1/b12-11+,13-5+;;. The monoisotopic (exact) mass is 366 g/mol. The molecule has 1 N–H and O–H groups in total. The summed E-state index contributed by atoms with van der Waals surface area (Å²) in [5.74, 6) is 0. The zero-order valence-corrected chi connectivity index (χ0v) is 19.2. The molecule has 128 valence electrons. The van der Waals surface area contributed by atoms with E-state index in [1.807, 2.05) is 50.2 Å². The Morgan fingerprint density at radius 1 is 1.19 bits per heavy atom. The first-order chi connectivity index (χ1) is 12.1. The summed E-state index contributed by atoms with van der Waals surface area (Å²) < 4.78 is 0. The number of aryl methyl sites for hydroxylation is 1. The average molecular weight is 367 g/mol. The van der Waals surface area contributed by atoms with Crippen molar-refractivity contribution in [2.45, 2.75) is 26.7 Å². The Kier molecular flexibility index (Phi) is 10.8. The minimum absolute atomic E-state index is 0. The van der Waals surface area contributed by atoms with Crippen LogP contribution in [0.3, 0.4) is 0 Å². The Hall–Kier alpha value is -1.16. The summed E-state index contributed by atoms with van der Waals surface area (Å²) in [6.45, 7) is 11.5. The van der Waals surface area contributed by atoms with E-state index in [0.717, 1.165) is 24.1 Å². The van der Waals surface area contributed by atoms with Gasteiger partial charge in [0.05, 0.1) is 0 Å². The molecule has 0 bridgehead atoms. The molecule has 26 heavy (non-hydrogen) atoms. The molecule has 0 saturated heterocycles. The molecular weight excluding hydrogens is 341 g/mol. The molecule has 0 amide bonds. The van der Waals surface area contributed by atoms with E-state index in [2.05, 4.69) is 54.9 Å². The number of nitrogens with one attached hydrogen (secondary N) is 1. The number of hydrogen-bond acceptors (Lipinski definition) is 1. The zero-order chi connectivity index (χ0) is 18.1. The summed E-state index contributed by atoms with van der Waals surface area (Å²) >= 11 is 0. The van der Waals surface area contributed by atoms with E-state index in [4.69, 9.17) is 0 Å². The quantitative estimate of drug-likeness (QED) is 0.499. The van der Waals surface area contributed by atoms with Gasteiger partial charge in [0.2, 0.25) is 0 Å². The second-order valence-electron chi connectivity index (χ2n) is 5.93. The molecule has 2 heteroatoms. The number of rotatable bonds is 3. The Morgan fingerprint density at radius 3 is 2.58 bits per heavy atom. The van der Waals surface area contributed by atoms with Gasteiger partial charge in [0, 0.05) is 5.70 Å². The fourth-order valence-corrected chi connectivity index (χ4v) is 2.58. The molecular formula is C24H25KN-. The van der Waals surface area contributed by atoms with E-state index < -0.39 is 0 Å². The van der Waals surface area contributed by atoms with Crippen LogP contribution >= 0.6 is 0 Å². The van der Waals surface area contributed by atoms with Crippen LogP contribution in [0.2, 0.25) is 0 Å². The Balaban J connectivity index is 0.000000256. The Bertz CT molecular complexity index is 785. The third kappa shape index (κ3) is 7.22. The largest absolute Gasteiger partial charge is 1.00 e. The van der Waals surface area contributed by atoms with Gasteiger partial charge in [0.15, 0.2) is 0 Å². The Labute approximate surface area is 201 Å². The maximum Gasteiger partial charge on any atom is 1.00 e. The van der Waals surface area contributed by atoms with Gasteiger partial charge < -0.3 is 5.32 Å². The Morgan fingerprint density at radius 2 is 1.92 bits per heavy atom. The predicted molar refractivity (Wildman–Crippen MR) is 109 cm³/mol. The van der Waals surface area contributed by atoms with Crippen molar-refractivity contribution in [3.05, 3.63) is 108 Å². The van der Waals surface area contributed by atoms with Crippen LogP contribution in [-0.2, 0) is 6.42 Å². The van der Waals surface area contributed by atoms with Gasteiger partial charge in [-0.05, 0) is 18.9 Å². The third-order valence-electron chi connectivity index (χ3n) is 4.03. The van der Waals surface area contributed by atoms with E-state index in [0.29, 0.717) is 0 Å². The first-order valence-corrected chi connectivity index (χ1v) is 8.51. The minimum atomic E-state index is 0. The van der Waals surface area contributed by atoms with Crippen molar-refractivity contribution in [1.82, 2.24) is 0 Å². The number of fused-ring (bicyclic) bond motifs is 1. The molecule has 0 radical (unpaired) electrons. The average Bonchev–Trinajstić information content (AvgIpc) is 2.67. The van der Waals surface area contributed by atoms with E-state index in [1.165, 1.54) is 22.4 Å². The first kappa shape index (κ1) is 22.9. The molecule has 1 heterocycles. The SMILES string of the molecule is C=C1CCc2c[c-]ccc2N1.C=[C-]/C(C)=C/C(=C\C)c1ccccc1.[K+]. The third-order valence-corrected chi connectivity index (χ3v) is 4.03. The molecule has 0 spiro atoms. The van der Waals surface area contributed by atoms with Gasteiger partial charge in [-0.2, -0.15) is 30.9 Å². The molecule has 2 aromatic rings. The van der Waals surface area contributed by atoms with Gasteiger partial charge in [-0.25, -0.2) is 5.57 Å². The van der Waals surface area contributed by atoms with Gasteiger partial charge in [-0.1, -0.05) is 62.0 Å². The normalized spacial score (nSPS) is 13.4. The van der Waals surface area contributed by atoms with Crippen molar-refractivity contribution in [3.8, 4) is 0 Å². The zero-order valence-electron chi connectivity index (χ0n) is 16.1. The van der Waals surface area contributed by atoms with Crippen LogP contribution in [0.4, 0.5) is 5.69 Å². The summed E-state index contributed by atoms with van der Waals surface area (Å²) in [7, 11) is 0. The summed E-state index contributed by atoms with van der Waals surface area (Å²) in [4.78, 5) is 0. The van der Waals surface area contributed by atoms with Crippen LogP contribution < -0.4 is 56.7 Å². The first-order valence-electron chi connectivity index (χ1n) is 8.51. The molecule has 0 aliphatic carbocycles. The van der Waals surface area contributed by atoms with Crippen LogP contribution in [-0.4, -0.2) is 0 Å². The van der Waals surface area contributed by atoms with Crippen molar-refractivity contribution in [3.63, 3.8) is 0 Å². The fraction of sp³-hybridized carbons (Fsp3) is 0.167. The summed E-state index contributed by atoms with van der Waals surface area (Å²) in [5.41, 5.74) is 7.15. The van der Waals surface area contributed by atoms with Crippen molar-refractivity contribution < 1.29 is 51.4 Å². The number of hydrogen-bond donors (Lipinski definition) is 1. The van der Waals surface area contributed by atoms with Crippen LogP contribution in [0.1, 0.15) is 31.4 Å². The topological polar surface area (TPSA) is 12.0 Å². The second kappa shape index (κ2) is 12.3. The minimum Gasteiger partial charge on any atom is -0.382 e. The number of anilines is 1. The van der Waals surface area contributed by atoms with Crippen molar-refractivity contribution in [2.24, 2.45) is 0 Å². The van der Waals surface area contributed by atoms with Crippen LogP contribution in [0.15, 0.2) is 85.1 Å². The van der Waals surface area contributed by atoms with Crippen molar-refractivity contribution in [2.75, 3.05) is 5.32 Å². The van der Waals surface area contributed by atoms with Crippen LogP contribution in [0.25, 0.3) is 5.57 Å². The summed E-state index contributed by atoms with van der Waals surface area (Å²) in [6, 6.07) is 19.4. The van der Waals surface area contributed by atoms with Crippen LogP contribution in [0, 0.1) is 12.1 Å². The molecule has 0 aromatic heterocycles.